The molecule has 1 aromatic heterocycles. The summed E-state index contributed by atoms with van der Waals surface area (Å²) in [7, 11) is 1.77. The van der Waals surface area contributed by atoms with Gasteiger partial charge in [-0.1, -0.05) is 18.2 Å². The molecule has 0 spiro atoms. The standard InChI is InChI=1S/C31H30F2N4O2/c1-18-8-22(14-23(32)9-18)27-16-36-28-6-5-20(21-10-19(12-29(34)38)11-24(33)13-21)15-26(28)30(27)31(39)37(2)17-25-4-3-7-35-25/h5-6,8-11,13-16,25,35H,3-4,7,12,17H2,1-2H3,(H2,34,38)/t25-/m0/s1. The molecule has 4 aromatic rings. The lowest BCUT2D eigenvalue weighted by molar-refractivity contribution is -0.117. The van der Waals surface area contributed by atoms with Crippen molar-refractivity contribution in [2.45, 2.75) is 32.2 Å². The molecule has 0 bridgehead atoms. The highest BCUT2D eigenvalue weighted by atomic mass is 19.1. The van der Waals surface area contributed by atoms with E-state index in [0.29, 0.717) is 50.8 Å². The molecule has 3 aromatic carbocycles. The third-order valence-electron chi connectivity index (χ3n) is 7.11. The van der Waals surface area contributed by atoms with Crippen LogP contribution >= 0.6 is 0 Å². The number of amides is 2. The molecule has 0 radical (unpaired) electrons. The van der Waals surface area contributed by atoms with E-state index in [1.807, 2.05) is 6.07 Å². The highest BCUT2D eigenvalue weighted by molar-refractivity contribution is 6.12. The number of nitrogens with zero attached hydrogens (tertiary/aromatic N) is 2. The average molecular weight is 529 g/mol. The van der Waals surface area contributed by atoms with E-state index in [1.54, 1.807) is 49.3 Å². The summed E-state index contributed by atoms with van der Waals surface area (Å²) >= 11 is 0. The fourth-order valence-corrected chi connectivity index (χ4v) is 5.35. The second kappa shape index (κ2) is 10.9. The van der Waals surface area contributed by atoms with E-state index >= 15 is 0 Å². The van der Waals surface area contributed by atoms with Crippen molar-refractivity contribution in [2.75, 3.05) is 20.1 Å². The predicted molar refractivity (Wildman–Crippen MR) is 148 cm³/mol. The molecule has 2 heterocycles. The Balaban J connectivity index is 1.68. The molecule has 6 nitrogen and oxygen atoms in total. The number of carbonyl (C=O) groups is 2. The van der Waals surface area contributed by atoms with Crippen molar-refractivity contribution in [1.82, 2.24) is 15.2 Å². The molecule has 5 rings (SSSR count). The van der Waals surface area contributed by atoms with Crippen LogP contribution in [0.2, 0.25) is 0 Å². The summed E-state index contributed by atoms with van der Waals surface area (Å²) in [5.74, 6) is -1.66. The molecular formula is C31H30F2N4O2. The van der Waals surface area contributed by atoms with Crippen LogP contribution < -0.4 is 11.1 Å². The maximum Gasteiger partial charge on any atom is 0.255 e. The number of halogens is 2. The van der Waals surface area contributed by atoms with Crippen LogP contribution in [0, 0.1) is 18.6 Å². The zero-order valence-corrected chi connectivity index (χ0v) is 21.9. The molecule has 1 fully saturated rings. The van der Waals surface area contributed by atoms with Crippen LogP contribution in [0.25, 0.3) is 33.2 Å². The lowest BCUT2D eigenvalue weighted by Crippen LogP contribution is -2.38. The summed E-state index contributed by atoms with van der Waals surface area (Å²) in [6.45, 7) is 3.25. The average Bonchev–Trinajstić information content (AvgIpc) is 3.39. The number of carbonyl (C=O) groups excluding carboxylic acids is 2. The molecule has 3 N–H and O–H groups in total. The number of primary amides is 1. The van der Waals surface area contributed by atoms with E-state index in [-0.39, 0.29) is 18.4 Å². The molecule has 39 heavy (non-hydrogen) atoms. The van der Waals surface area contributed by atoms with E-state index in [0.717, 1.165) is 24.9 Å². The molecule has 0 unspecified atom stereocenters. The summed E-state index contributed by atoms with van der Waals surface area (Å²) in [6, 6.07) is 14.6. The quantitative estimate of drug-likeness (QED) is 0.353. The summed E-state index contributed by atoms with van der Waals surface area (Å²) in [6.07, 6.45) is 3.57. The number of aromatic nitrogens is 1. The third-order valence-corrected chi connectivity index (χ3v) is 7.11. The van der Waals surface area contributed by atoms with E-state index in [4.69, 9.17) is 5.73 Å². The van der Waals surface area contributed by atoms with Crippen molar-refractivity contribution >= 4 is 22.7 Å². The van der Waals surface area contributed by atoms with Crippen molar-refractivity contribution in [1.29, 1.82) is 0 Å². The molecule has 200 valence electrons. The minimum Gasteiger partial charge on any atom is -0.369 e. The normalized spacial score (nSPS) is 15.0. The second-order valence-corrected chi connectivity index (χ2v) is 10.3. The summed E-state index contributed by atoms with van der Waals surface area (Å²) in [5.41, 5.74) is 9.76. The Kier molecular flexibility index (Phi) is 7.39. The van der Waals surface area contributed by atoms with E-state index < -0.39 is 17.5 Å². The Morgan fingerprint density at radius 2 is 1.79 bits per heavy atom. The number of fused-ring (bicyclic) bond motifs is 1. The number of nitrogens with one attached hydrogen (secondary N) is 1. The maximum absolute atomic E-state index is 14.5. The van der Waals surface area contributed by atoms with Gasteiger partial charge in [0.1, 0.15) is 11.6 Å². The maximum atomic E-state index is 14.5. The van der Waals surface area contributed by atoms with Gasteiger partial charge in [0.05, 0.1) is 17.5 Å². The molecular weight excluding hydrogens is 498 g/mol. The van der Waals surface area contributed by atoms with Gasteiger partial charge in [-0.2, -0.15) is 0 Å². The molecule has 1 aliphatic rings. The van der Waals surface area contributed by atoms with Crippen LogP contribution in [0.5, 0.6) is 0 Å². The van der Waals surface area contributed by atoms with Crippen LogP contribution in [0.1, 0.15) is 34.3 Å². The number of pyridine rings is 1. The molecule has 8 heteroatoms. The zero-order chi connectivity index (χ0) is 27.7. The van der Waals surface area contributed by atoms with Gasteiger partial charge in [0, 0.05) is 36.8 Å². The van der Waals surface area contributed by atoms with Gasteiger partial charge in [0.25, 0.3) is 5.91 Å². The fraction of sp³-hybridized carbons (Fsp3) is 0.258. The molecule has 0 aliphatic carbocycles. The number of benzene rings is 3. The molecule has 0 saturated carbocycles. The number of nitrogens with two attached hydrogens (primary N) is 1. The van der Waals surface area contributed by atoms with Crippen LogP contribution in [-0.4, -0.2) is 47.9 Å². The van der Waals surface area contributed by atoms with Crippen molar-refractivity contribution < 1.29 is 18.4 Å². The van der Waals surface area contributed by atoms with Crippen molar-refractivity contribution in [3.05, 3.63) is 89.1 Å². The van der Waals surface area contributed by atoms with Gasteiger partial charge in [0.15, 0.2) is 0 Å². The number of likely N-dealkylation sites (N-methyl/N-ethyl adjacent to an activating group) is 1. The van der Waals surface area contributed by atoms with Crippen molar-refractivity contribution in [2.24, 2.45) is 5.73 Å². The second-order valence-electron chi connectivity index (χ2n) is 10.3. The van der Waals surface area contributed by atoms with Crippen LogP contribution in [0.15, 0.2) is 60.8 Å². The lowest BCUT2D eigenvalue weighted by Gasteiger charge is -2.24. The summed E-state index contributed by atoms with van der Waals surface area (Å²) in [4.78, 5) is 31.8. The third kappa shape index (κ3) is 5.81. The van der Waals surface area contributed by atoms with Gasteiger partial charge < -0.3 is 16.0 Å². The molecule has 1 saturated heterocycles. The van der Waals surface area contributed by atoms with Gasteiger partial charge in [-0.15, -0.1) is 0 Å². The number of hydrogen-bond donors (Lipinski definition) is 2. The first kappa shape index (κ1) is 26.4. The summed E-state index contributed by atoms with van der Waals surface area (Å²) < 4.78 is 28.9. The first-order valence-electron chi connectivity index (χ1n) is 13.0. The van der Waals surface area contributed by atoms with E-state index in [2.05, 4.69) is 10.3 Å². The Bertz CT molecular complexity index is 1560. The highest BCUT2D eigenvalue weighted by Crippen LogP contribution is 2.34. The predicted octanol–water partition coefficient (Wildman–Crippen LogP) is 5.01. The smallest absolute Gasteiger partial charge is 0.255 e. The highest BCUT2D eigenvalue weighted by Gasteiger charge is 2.25. The Hall–Kier alpha value is -4.17. The van der Waals surface area contributed by atoms with Gasteiger partial charge in [-0.25, -0.2) is 8.78 Å². The van der Waals surface area contributed by atoms with Gasteiger partial charge in [0.2, 0.25) is 5.91 Å². The van der Waals surface area contributed by atoms with Crippen molar-refractivity contribution in [3.8, 4) is 22.3 Å². The number of hydrogen-bond acceptors (Lipinski definition) is 4. The Morgan fingerprint density at radius 3 is 2.51 bits per heavy atom. The fourth-order valence-electron chi connectivity index (χ4n) is 5.35. The molecule has 1 atom stereocenters. The molecule has 1 aliphatic heterocycles. The minimum atomic E-state index is -0.558. The monoisotopic (exact) mass is 528 g/mol. The first-order valence-corrected chi connectivity index (χ1v) is 13.0. The first-order chi connectivity index (χ1) is 18.7. The number of rotatable bonds is 7. The lowest BCUT2D eigenvalue weighted by atomic mass is 9.93. The van der Waals surface area contributed by atoms with E-state index in [1.165, 1.54) is 24.3 Å². The minimum absolute atomic E-state index is 0.0906. The van der Waals surface area contributed by atoms with Crippen LogP contribution in [-0.2, 0) is 11.2 Å². The van der Waals surface area contributed by atoms with Gasteiger partial charge in [-0.3, -0.25) is 14.6 Å². The zero-order valence-electron chi connectivity index (χ0n) is 21.9. The Labute approximate surface area is 225 Å². The van der Waals surface area contributed by atoms with Gasteiger partial charge >= 0.3 is 0 Å². The summed E-state index contributed by atoms with van der Waals surface area (Å²) in [5, 5.41) is 4.00. The van der Waals surface area contributed by atoms with E-state index in [9.17, 15) is 18.4 Å². The Morgan fingerprint density at radius 1 is 1.03 bits per heavy atom. The number of aryl methyl sites for hydroxylation is 1. The van der Waals surface area contributed by atoms with Crippen molar-refractivity contribution in [3.63, 3.8) is 0 Å². The topological polar surface area (TPSA) is 88.3 Å². The van der Waals surface area contributed by atoms with Crippen LogP contribution in [0.3, 0.4) is 0 Å². The van der Waals surface area contributed by atoms with Gasteiger partial charge in [-0.05, 0) is 90.5 Å². The SMILES string of the molecule is Cc1cc(F)cc(-c2cnc3ccc(-c4cc(F)cc(CC(N)=O)c4)cc3c2C(=O)N(C)C[C@@H]2CCCN2)c1. The largest absolute Gasteiger partial charge is 0.369 e. The van der Waals surface area contributed by atoms with Crippen LogP contribution in [0.4, 0.5) is 8.78 Å². The molecule has 2 amide bonds.